The Bertz CT molecular complexity index is 847. The second-order valence-corrected chi connectivity index (χ2v) is 4.31. The Hall–Kier alpha value is -3.13. The van der Waals surface area contributed by atoms with Gasteiger partial charge in [-0.3, -0.25) is 0 Å². The lowest BCUT2D eigenvalue weighted by Crippen LogP contribution is -2.19. The molecule has 0 aromatic heterocycles. The van der Waals surface area contributed by atoms with Crippen molar-refractivity contribution in [1.29, 1.82) is 0 Å². The van der Waals surface area contributed by atoms with Crippen LogP contribution in [0.3, 0.4) is 0 Å². The van der Waals surface area contributed by atoms with E-state index >= 15 is 0 Å². The zero-order chi connectivity index (χ0) is 15.0. The van der Waals surface area contributed by atoms with Crippen molar-refractivity contribution >= 4 is 28.7 Å². The van der Waals surface area contributed by atoms with E-state index in [1.807, 2.05) is 0 Å². The molecule has 0 atom stereocenters. The number of ether oxygens (including phenoxy) is 2. The lowest BCUT2D eigenvalue weighted by molar-refractivity contribution is -0.133. The van der Waals surface area contributed by atoms with Crippen molar-refractivity contribution in [2.45, 2.75) is 0 Å². The summed E-state index contributed by atoms with van der Waals surface area (Å²) in [6.07, 6.45) is 0. The minimum absolute atomic E-state index is 0.309. The summed E-state index contributed by atoms with van der Waals surface area (Å²) < 4.78 is 9.13. The molecule has 0 bridgehead atoms. The van der Waals surface area contributed by atoms with E-state index in [1.165, 1.54) is 13.2 Å². The Morgan fingerprint density at radius 2 is 1.81 bits per heavy atom. The molecule has 1 aliphatic heterocycles. The lowest BCUT2D eigenvalue weighted by Gasteiger charge is -2.15. The first-order valence-corrected chi connectivity index (χ1v) is 6.04. The van der Waals surface area contributed by atoms with Gasteiger partial charge in [0.15, 0.2) is 0 Å². The van der Waals surface area contributed by atoms with Crippen LogP contribution in [0.25, 0.3) is 10.8 Å². The summed E-state index contributed by atoms with van der Waals surface area (Å²) in [7, 11) is 1.24. The molecule has 0 spiro atoms. The van der Waals surface area contributed by atoms with Gasteiger partial charge in [-0.25, -0.2) is 14.4 Å². The number of hydrogen-bond donors (Lipinski definition) is 0. The number of esters is 3. The Labute approximate surface area is 119 Å². The molecule has 5 nitrogen and oxygen atoms in total. The minimum atomic E-state index is -0.684. The number of rotatable bonds is 0. The summed E-state index contributed by atoms with van der Waals surface area (Å²) in [5, 5.41) is 1.11. The summed E-state index contributed by atoms with van der Waals surface area (Å²) in [4.78, 5) is 34.6. The van der Waals surface area contributed by atoms with E-state index in [-0.39, 0.29) is 0 Å². The maximum Gasteiger partial charge on any atom is 0.384 e. The van der Waals surface area contributed by atoms with Gasteiger partial charge in [0.05, 0.1) is 18.2 Å². The fraction of sp³-hybridized carbons (Fsp3) is 0.0625. The first-order valence-electron chi connectivity index (χ1n) is 6.04. The molecular formula is C16H8O5. The molecular weight excluding hydrogens is 272 g/mol. The van der Waals surface area contributed by atoms with Gasteiger partial charge in [-0.05, 0) is 23.6 Å². The van der Waals surface area contributed by atoms with Crippen LogP contribution in [-0.2, 0) is 14.3 Å². The second kappa shape index (κ2) is 4.76. The van der Waals surface area contributed by atoms with Crippen LogP contribution in [0, 0.1) is 11.8 Å². The van der Waals surface area contributed by atoms with Gasteiger partial charge in [0.25, 0.3) is 0 Å². The maximum atomic E-state index is 11.8. The predicted octanol–water partition coefficient (Wildman–Crippen LogP) is 1.67. The monoisotopic (exact) mass is 280 g/mol. The van der Waals surface area contributed by atoms with E-state index in [4.69, 9.17) is 0 Å². The number of benzene rings is 2. The number of hydrogen-bond acceptors (Lipinski definition) is 5. The molecule has 0 amide bonds. The molecule has 3 rings (SSSR count). The van der Waals surface area contributed by atoms with Gasteiger partial charge in [-0.1, -0.05) is 18.1 Å². The van der Waals surface area contributed by atoms with Gasteiger partial charge in [-0.15, -0.1) is 0 Å². The number of methoxy groups -OCH3 is 1. The van der Waals surface area contributed by atoms with Crippen LogP contribution in [0.1, 0.15) is 26.3 Å². The average molecular weight is 280 g/mol. The van der Waals surface area contributed by atoms with E-state index in [2.05, 4.69) is 21.3 Å². The molecule has 0 unspecified atom stereocenters. The van der Waals surface area contributed by atoms with Crippen molar-refractivity contribution in [2.24, 2.45) is 0 Å². The Morgan fingerprint density at radius 1 is 1.10 bits per heavy atom. The van der Waals surface area contributed by atoms with Gasteiger partial charge >= 0.3 is 17.9 Å². The third-order valence-corrected chi connectivity index (χ3v) is 3.15. The van der Waals surface area contributed by atoms with E-state index in [0.29, 0.717) is 27.5 Å². The van der Waals surface area contributed by atoms with Gasteiger partial charge in [-0.2, -0.15) is 0 Å². The van der Waals surface area contributed by atoms with Crippen molar-refractivity contribution in [3.63, 3.8) is 0 Å². The van der Waals surface area contributed by atoms with Gasteiger partial charge in [0, 0.05) is 16.9 Å². The van der Waals surface area contributed by atoms with Crippen LogP contribution < -0.4 is 0 Å². The zero-order valence-electron chi connectivity index (χ0n) is 10.9. The van der Waals surface area contributed by atoms with Crippen molar-refractivity contribution in [3.8, 4) is 11.8 Å². The third kappa shape index (κ3) is 2.03. The van der Waals surface area contributed by atoms with Crippen molar-refractivity contribution < 1.29 is 23.9 Å². The van der Waals surface area contributed by atoms with Crippen LogP contribution in [0.4, 0.5) is 0 Å². The Balaban J connectivity index is 2.30. The highest BCUT2D eigenvalue weighted by molar-refractivity contribution is 6.21. The van der Waals surface area contributed by atoms with E-state index in [1.54, 1.807) is 24.3 Å². The summed E-state index contributed by atoms with van der Waals surface area (Å²) in [6.45, 7) is 0. The molecule has 2 aromatic rings. The van der Waals surface area contributed by atoms with E-state index in [9.17, 15) is 14.4 Å². The quantitative estimate of drug-likeness (QED) is 0.417. The largest absolute Gasteiger partial charge is 0.459 e. The molecule has 5 heteroatoms. The topological polar surface area (TPSA) is 69.7 Å². The van der Waals surface area contributed by atoms with Gasteiger partial charge in [0.2, 0.25) is 0 Å². The molecule has 1 aliphatic rings. The summed E-state index contributed by atoms with van der Waals surface area (Å²) in [5.41, 5.74) is 1.15. The molecule has 102 valence electrons. The third-order valence-electron chi connectivity index (χ3n) is 3.15. The molecule has 2 aromatic carbocycles. The fourth-order valence-electron chi connectivity index (χ4n) is 2.22. The fourth-order valence-corrected chi connectivity index (χ4v) is 2.22. The number of carbonyl (C=O) groups is 3. The molecule has 0 N–H and O–H groups in total. The van der Waals surface area contributed by atoms with Crippen LogP contribution in [0.5, 0.6) is 0 Å². The molecule has 1 heterocycles. The molecule has 0 saturated carbocycles. The van der Waals surface area contributed by atoms with Gasteiger partial charge < -0.3 is 9.47 Å². The smallest absolute Gasteiger partial charge is 0.384 e. The van der Waals surface area contributed by atoms with Crippen molar-refractivity contribution in [1.82, 2.24) is 0 Å². The average Bonchev–Trinajstić information content (AvgIpc) is 2.50. The minimum Gasteiger partial charge on any atom is -0.459 e. The molecule has 21 heavy (non-hydrogen) atoms. The molecule has 0 aliphatic carbocycles. The Kier molecular flexibility index (Phi) is 2.92. The number of carbonyl (C=O) groups excluding carboxylic acids is 3. The van der Waals surface area contributed by atoms with Crippen molar-refractivity contribution in [2.75, 3.05) is 7.11 Å². The maximum absolute atomic E-state index is 11.8. The van der Waals surface area contributed by atoms with Crippen LogP contribution in [0.2, 0.25) is 0 Å². The van der Waals surface area contributed by atoms with Crippen molar-refractivity contribution in [3.05, 3.63) is 47.0 Å². The van der Waals surface area contributed by atoms with Crippen LogP contribution in [0.15, 0.2) is 30.3 Å². The predicted molar refractivity (Wildman–Crippen MR) is 72.6 cm³/mol. The molecule has 0 saturated heterocycles. The second-order valence-electron chi connectivity index (χ2n) is 4.31. The normalized spacial score (nSPS) is 12.4. The standard InChI is InChI=1S/C16H8O5/c1-20-13(17)8-6-9-5-7-12-14-10(9)3-2-4-11(14)15(18)21-16(12)19/h2-5,7H,1H3. The summed E-state index contributed by atoms with van der Waals surface area (Å²) in [5.74, 6) is 2.98. The highest BCUT2D eigenvalue weighted by Gasteiger charge is 2.27. The first-order chi connectivity index (χ1) is 10.1. The molecule has 0 radical (unpaired) electrons. The zero-order valence-corrected chi connectivity index (χ0v) is 10.9. The van der Waals surface area contributed by atoms with Crippen LogP contribution in [-0.4, -0.2) is 25.0 Å². The van der Waals surface area contributed by atoms with Crippen LogP contribution >= 0.6 is 0 Å². The van der Waals surface area contributed by atoms with E-state index in [0.717, 1.165) is 0 Å². The highest BCUT2D eigenvalue weighted by Crippen LogP contribution is 2.30. The summed E-state index contributed by atoms with van der Waals surface area (Å²) in [6, 6.07) is 8.12. The molecule has 0 fully saturated rings. The van der Waals surface area contributed by atoms with Gasteiger partial charge in [0.1, 0.15) is 0 Å². The van der Waals surface area contributed by atoms with E-state index < -0.39 is 17.9 Å². The lowest BCUT2D eigenvalue weighted by atomic mass is 9.94. The Morgan fingerprint density at radius 3 is 2.52 bits per heavy atom. The number of cyclic esters (lactones) is 2. The summed E-state index contributed by atoms with van der Waals surface area (Å²) >= 11 is 0. The first kappa shape index (κ1) is 12.9. The highest BCUT2D eigenvalue weighted by atomic mass is 16.6. The SMILES string of the molecule is COC(=O)C#Cc1ccc2c3c(cccc13)C(=O)OC2=O.